The fourth-order valence-corrected chi connectivity index (χ4v) is 4.48. The molecule has 2 aliphatic heterocycles. The third-order valence-electron chi connectivity index (χ3n) is 6.37. The Labute approximate surface area is 194 Å². The second kappa shape index (κ2) is 8.96. The molecule has 2 amide bonds. The van der Waals surface area contributed by atoms with Crippen LogP contribution in [0, 0.1) is 13.8 Å². The number of carbonyl (C=O) groups excluding carboxylic acids is 2. The number of amides is 2. The van der Waals surface area contributed by atoms with Crippen molar-refractivity contribution in [2.24, 2.45) is 0 Å². The van der Waals surface area contributed by atoms with Crippen molar-refractivity contribution in [2.75, 3.05) is 44.7 Å². The van der Waals surface area contributed by atoms with Crippen molar-refractivity contribution in [3.8, 4) is 5.75 Å². The van der Waals surface area contributed by atoms with Gasteiger partial charge in [0.15, 0.2) is 0 Å². The average molecular weight is 454 g/mol. The van der Waals surface area contributed by atoms with Gasteiger partial charge in [0.2, 0.25) is 0 Å². The molecule has 32 heavy (non-hydrogen) atoms. The van der Waals surface area contributed by atoms with E-state index >= 15 is 0 Å². The van der Waals surface area contributed by atoms with Gasteiger partial charge in [0.05, 0.1) is 18.4 Å². The second-order valence-electron chi connectivity index (χ2n) is 8.21. The van der Waals surface area contributed by atoms with Crippen LogP contribution >= 0.6 is 11.6 Å². The van der Waals surface area contributed by atoms with Crippen molar-refractivity contribution in [2.45, 2.75) is 20.8 Å². The molecule has 7 heteroatoms. The highest BCUT2D eigenvalue weighted by molar-refractivity contribution is 6.46. The number of methoxy groups -OCH3 is 1. The van der Waals surface area contributed by atoms with E-state index in [1.165, 1.54) is 12.0 Å². The van der Waals surface area contributed by atoms with E-state index in [4.69, 9.17) is 16.3 Å². The van der Waals surface area contributed by atoms with E-state index in [0.717, 1.165) is 36.3 Å². The summed E-state index contributed by atoms with van der Waals surface area (Å²) < 4.78 is 5.45. The monoisotopic (exact) mass is 453 g/mol. The molecule has 0 radical (unpaired) electrons. The molecule has 0 aromatic heterocycles. The van der Waals surface area contributed by atoms with Crippen molar-refractivity contribution < 1.29 is 14.3 Å². The number of rotatable bonds is 5. The van der Waals surface area contributed by atoms with Crippen LogP contribution in [0.15, 0.2) is 42.1 Å². The standard InChI is InChI=1S/C25H28ClN3O3/c1-5-27-10-12-28(13-11-27)23-22(18-7-6-16(2)17(3)14-18)24(30)29(25(23)31)20-15-19(26)8-9-21(20)32-4/h6-9,14-15H,5,10-13H2,1-4H3. The van der Waals surface area contributed by atoms with Crippen LogP contribution in [0.3, 0.4) is 0 Å². The molecule has 1 saturated heterocycles. The molecule has 0 atom stereocenters. The Morgan fingerprint density at radius 1 is 0.938 bits per heavy atom. The normalized spacial score (nSPS) is 17.5. The molecule has 2 aromatic rings. The molecular weight excluding hydrogens is 426 g/mol. The Hall–Kier alpha value is -2.83. The second-order valence-corrected chi connectivity index (χ2v) is 8.64. The Morgan fingerprint density at radius 2 is 1.66 bits per heavy atom. The van der Waals surface area contributed by atoms with Gasteiger partial charge in [0, 0.05) is 31.2 Å². The van der Waals surface area contributed by atoms with Gasteiger partial charge in [-0.2, -0.15) is 0 Å². The zero-order valence-electron chi connectivity index (χ0n) is 18.9. The van der Waals surface area contributed by atoms with Crippen LogP contribution in [0.2, 0.25) is 5.02 Å². The summed E-state index contributed by atoms with van der Waals surface area (Å²) in [4.78, 5) is 33.1. The quantitative estimate of drug-likeness (QED) is 0.643. The van der Waals surface area contributed by atoms with Crippen molar-refractivity contribution >= 4 is 34.7 Å². The number of hydrogen-bond donors (Lipinski definition) is 0. The zero-order valence-corrected chi connectivity index (χ0v) is 19.7. The summed E-state index contributed by atoms with van der Waals surface area (Å²) in [6.07, 6.45) is 0. The summed E-state index contributed by atoms with van der Waals surface area (Å²) in [5.41, 5.74) is 4.21. The molecule has 4 rings (SSSR count). The Morgan fingerprint density at radius 3 is 2.28 bits per heavy atom. The first-order chi connectivity index (χ1) is 15.3. The van der Waals surface area contributed by atoms with Crippen LogP contribution in [-0.4, -0.2) is 61.4 Å². The van der Waals surface area contributed by atoms with Gasteiger partial charge in [-0.1, -0.05) is 36.7 Å². The lowest BCUT2D eigenvalue weighted by atomic mass is 9.99. The van der Waals surface area contributed by atoms with Gasteiger partial charge in [-0.05, 0) is 55.3 Å². The number of hydrogen-bond acceptors (Lipinski definition) is 5. The molecule has 2 heterocycles. The molecule has 0 bridgehead atoms. The first-order valence-electron chi connectivity index (χ1n) is 10.9. The molecule has 0 spiro atoms. The molecule has 168 valence electrons. The lowest BCUT2D eigenvalue weighted by molar-refractivity contribution is -0.120. The fraction of sp³-hybridized carbons (Fsp3) is 0.360. The number of carbonyl (C=O) groups is 2. The minimum Gasteiger partial charge on any atom is -0.495 e. The topological polar surface area (TPSA) is 53.1 Å². The third kappa shape index (κ3) is 3.89. The Bertz CT molecular complexity index is 1100. The number of halogens is 1. The molecule has 1 fully saturated rings. The minimum absolute atomic E-state index is 0.339. The lowest BCUT2D eigenvalue weighted by Gasteiger charge is -2.36. The van der Waals surface area contributed by atoms with Crippen LogP contribution < -0.4 is 9.64 Å². The largest absolute Gasteiger partial charge is 0.495 e. The van der Waals surface area contributed by atoms with Gasteiger partial charge in [-0.3, -0.25) is 9.59 Å². The number of nitrogens with zero attached hydrogens (tertiary/aromatic N) is 3. The SMILES string of the molecule is CCN1CCN(C2=C(c3ccc(C)c(C)c3)C(=O)N(c3cc(Cl)ccc3OC)C2=O)CC1. The average Bonchev–Trinajstić information content (AvgIpc) is 3.05. The highest BCUT2D eigenvalue weighted by Crippen LogP contribution is 2.40. The highest BCUT2D eigenvalue weighted by Gasteiger charge is 2.44. The van der Waals surface area contributed by atoms with E-state index in [2.05, 4.69) is 11.8 Å². The van der Waals surface area contributed by atoms with E-state index < -0.39 is 0 Å². The van der Waals surface area contributed by atoms with Crippen molar-refractivity contribution in [3.63, 3.8) is 0 Å². The van der Waals surface area contributed by atoms with Crippen molar-refractivity contribution in [1.29, 1.82) is 0 Å². The first kappa shape index (κ1) is 22.4. The van der Waals surface area contributed by atoms with Gasteiger partial charge >= 0.3 is 0 Å². The number of aryl methyl sites for hydroxylation is 2. The smallest absolute Gasteiger partial charge is 0.282 e. The first-order valence-corrected chi connectivity index (χ1v) is 11.2. The predicted octanol–water partition coefficient (Wildman–Crippen LogP) is 3.89. The fourth-order valence-electron chi connectivity index (χ4n) is 4.31. The number of imide groups is 1. The number of anilines is 1. The summed E-state index contributed by atoms with van der Waals surface area (Å²) in [5, 5.41) is 0.430. The minimum atomic E-state index is -0.355. The number of likely N-dealkylation sites (N-methyl/N-ethyl adjacent to an activating group) is 1. The van der Waals surface area contributed by atoms with Gasteiger partial charge in [0.25, 0.3) is 11.8 Å². The van der Waals surface area contributed by atoms with Crippen LogP contribution in [0.5, 0.6) is 5.75 Å². The Kier molecular flexibility index (Phi) is 6.26. The van der Waals surface area contributed by atoms with Crippen molar-refractivity contribution in [3.05, 3.63) is 63.8 Å². The van der Waals surface area contributed by atoms with E-state index in [9.17, 15) is 9.59 Å². The Balaban J connectivity index is 1.84. The molecule has 0 N–H and O–H groups in total. The summed E-state index contributed by atoms with van der Waals surface area (Å²) >= 11 is 6.22. The predicted molar refractivity (Wildman–Crippen MR) is 127 cm³/mol. The molecule has 0 aliphatic carbocycles. The van der Waals surface area contributed by atoms with E-state index in [-0.39, 0.29) is 11.8 Å². The molecule has 2 aromatic carbocycles. The van der Waals surface area contributed by atoms with Crippen molar-refractivity contribution in [1.82, 2.24) is 9.80 Å². The number of piperazine rings is 1. The summed E-state index contributed by atoms with van der Waals surface area (Å²) in [7, 11) is 1.51. The molecule has 0 saturated carbocycles. The maximum absolute atomic E-state index is 13.8. The van der Waals surface area contributed by atoms with E-state index in [0.29, 0.717) is 40.8 Å². The molecule has 0 unspecified atom stereocenters. The zero-order chi connectivity index (χ0) is 23.0. The van der Waals surface area contributed by atoms with Crippen LogP contribution in [0.4, 0.5) is 5.69 Å². The maximum atomic E-state index is 13.8. The van der Waals surface area contributed by atoms with Crippen LogP contribution in [0.25, 0.3) is 5.57 Å². The highest BCUT2D eigenvalue weighted by atomic mass is 35.5. The number of ether oxygens (including phenoxy) is 1. The summed E-state index contributed by atoms with van der Waals surface area (Å²) in [5.74, 6) is -0.270. The molecular formula is C25H28ClN3O3. The van der Waals surface area contributed by atoms with Gasteiger partial charge in [0.1, 0.15) is 11.4 Å². The van der Waals surface area contributed by atoms with Crippen LogP contribution in [-0.2, 0) is 9.59 Å². The molecule has 6 nitrogen and oxygen atoms in total. The maximum Gasteiger partial charge on any atom is 0.282 e. The summed E-state index contributed by atoms with van der Waals surface area (Å²) in [6, 6.07) is 10.8. The van der Waals surface area contributed by atoms with Gasteiger partial charge in [-0.15, -0.1) is 0 Å². The van der Waals surface area contributed by atoms with Gasteiger partial charge in [-0.25, -0.2) is 4.90 Å². The van der Waals surface area contributed by atoms with Gasteiger partial charge < -0.3 is 14.5 Å². The third-order valence-corrected chi connectivity index (χ3v) is 6.61. The summed E-state index contributed by atoms with van der Waals surface area (Å²) in [6.45, 7) is 10.2. The van der Waals surface area contributed by atoms with E-state index in [1.807, 2.05) is 36.9 Å². The molecule has 2 aliphatic rings. The van der Waals surface area contributed by atoms with E-state index in [1.54, 1.807) is 18.2 Å². The lowest BCUT2D eigenvalue weighted by Crippen LogP contribution is -2.47. The van der Waals surface area contributed by atoms with Crippen LogP contribution in [0.1, 0.15) is 23.6 Å². The number of benzene rings is 2.